The molecule has 0 bridgehead atoms. The molecule has 1 saturated heterocycles. The van der Waals surface area contributed by atoms with Crippen molar-refractivity contribution in [1.82, 2.24) is 9.62 Å². The Bertz CT molecular complexity index is 980. The molecule has 1 heterocycles. The molecule has 1 aliphatic rings. The van der Waals surface area contributed by atoms with Crippen molar-refractivity contribution in [2.24, 2.45) is 5.92 Å². The highest BCUT2D eigenvalue weighted by atomic mass is 32.2. The van der Waals surface area contributed by atoms with Crippen LogP contribution in [0.3, 0.4) is 0 Å². The van der Waals surface area contributed by atoms with E-state index >= 15 is 0 Å². The van der Waals surface area contributed by atoms with Gasteiger partial charge in [0.1, 0.15) is 5.75 Å². The molecule has 0 atom stereocenters. The molecule has 0 saturated carbocycles. The average Bonchev–Trinajstić information content (AvgIpc) is 2.72. The molecule has 0 aliphatic carbocycles. The number of rotatable bonds is 6. The van der Waals surface area contributed by atoms with E-state index in [0.717, 1.165) is 29.7 Å². The number of nitrogens with one attached hydrogen (secondary N) is 1. The summed E-state index contributed by atoms with van der Waals surface area (Å²) in [5, 5.41) is 2.87. The predicted molar refractivity (Wildman–Crippen MR) is 113 cm³/mol. The average molecular weight is 417 g/mol. The van der Waals surface area contributed by atoms with Crippen molar-refractivity contribution in [2.45, 2.75) is 38.1 Å². The molecule has 1 N–H and O–H groups in total. The molecule has 0 unspecified atom stereocenters. The maximum absolute atomic E-state index is 13.0. The predicted octanol–water partition coefficient (Wildman–Crippen LogP) is 3.35. The van der Waals surface area contributed by atoms with Gasteiger partial charge in [-0.05, 0) is 61.1 Å². The molecule has 0 radical (unpaired) electrons. The summed E-state index contributed by atoms with van der Waals surface area (Å²) < 4.78 is 32.7. The molecule has 29 heavy (non-hydrogen) atoms. The van der Waals surface area contributed by atoms with E-state index in [1.54, 1.807) is 26.2 Å². The molecule has 1 aliphatic heterocycles. The number of carbonyl (C=O) groups excluding carboxylic acids is 1. The van der Waals surface area contributed by atoms with Crippen LogP contribution in [0, 0.1) is 12.8 Å². The highest BCUT2D eigenvalue weighted by Crippen LogP contribution is 2.25. The summed E-state index contributed by atoms with van der Waals surface area (Å²) >= 11 is 0. The Morgan fingerprint density at radius 3 is 2.59 bits per heavy atom. The van der Waals surface area contributed by atoms with E-state index in [1.165, 1.54) is 10.4 Å². The maximum Gasteiger partial charge on any atom is 0.251 e. The van der Waals surface area contributed by atoms with E-state index in [0.29, 0.717) is 31.1 Å². The molecule has 156 valence electrons. The van der Waals surface area contributed by atoms with Crippen LogP contribution in [0.5, 0.6) is 5.75 Å². The molecule has 1 fully saturated rings. The van der Waals surface area contributed by atoms with Crippen molar-refractivity contribution in [3.63, 3.8) is 0 Å². The zero-order valence-corrected chi connectivity index (χ0v) is 18.0. The minimum atomic E-state index is -3.60. The first-order valence-corrected chi connectivity index (χ1v) is 11.3. The third-order valence-corrected chi connectivity index (χ3v) is 7.32. The summed E-state index contributed by atoms with van der Waals surface area (Å²) in [5.41, 5.74) is 2.01. The molecule has 2 aromatic rings. The number of benzene rings is 2. The van der Waals surface area contributed by atoms with Gasteiger partial charge in [-0.25, -0.2) is 8.42 Å². The van der Waals surface area contributed by atoms with Crippen molar-refractivity contribution in [2.75, 3.05) is 20.2 Å². The highest BCUT2D eigenvalue weighted by Gasteiger charge is 2.28. The topological polar surface area (TPSA) is 75.7 Å². The minimum absolute atomic E-state index is 0.171. The zero-order chi connectivity index (χ0) is 21.0. The smallest absolute Gasteiger partial charge is 0.251 e. The van der Waals surface area contributed by atoms with Crippen molar-refractivity contribution in [1.29, 1.82) is 0 Å². The molecule has 2 aromatic carbocycles. The van der Waals surface area contributed by atoms with Gasteiger partial charge in [0, 0.05) is 25.2 Å². The summed E-state index contributed by atoms with van der Waals surface area (Å²) in [6, 6.07) is 12.2. The summed E-state index contributed by atoms with van der Waals surface area (Å²) in [4.78, 5) is 12.9. The fraction of sp³-hybridized carbons (Fsp3) is 0.409. The number of hydrogen-bond donors (Lipinski definition) is 1. The van der Waals surface area contributed by atoms with Gasteiger partial charge in [0.15, 0.2) is 0 Å². The second-order valence-electron chi connectivity index (χ2n) is 7.60. The standard InChI is InChI=1S/C22H28N2O4S/c1-16-9-11-24(12-10-16)29(26,27)20-8-7-17(2)21(14-20)22(25)23-15-18-5-4-6-19(13-18)28-3/h4-8,13-14,16H,9-12,15H2,1-3H3,(H,23,25). The Kier molecular flexibility index (Phi) is 6.59. The largest absolute Gasteiger partial charge is 0.497 e. The lowest BCUT2D eigenvalue weighted by atomic mass is 10.0. The monoisotopic (exact) mass is 416 g/mol. The summed E-state index contributed by atoms with van der Waals surface area (Å²) in [7, 11) is -2.00. The summed E-state index contributed by atoms with van der Waals surface area (Å²) in [5.74, 6) is 0.962. The number of aryl methyl sites for hydroxylation is 1. The highest BCUT2D eigenvalue weighted by molar-refractivity contribution is 7.89. The Balaban J connectivity index is 1.76. The normalized spacial score (nSPS) is 15.8. The van der Waals surface area contributed by atoms with Gasteiger partial charge < -0.3 is 10.1 Å². The Hall–Kier alpha value is -2.38. The third kappa shape index (κ3) is 4.97. The van der Waals surface area contributed by atoms with E-state index in [-0.39, 0.29) is 10.8 Å². The van der Waals surface area contributed by atoms with Gasteiger partial charge in [-0.15, -0.1) is 0 Å². The minimum Gasteiger partial charge on any atom is -0.497 e. The number of ether oxygens (including phenoxy) is 1. The van der Waals surface area contributed by atoms with E-state index in [9.17, 15) is 13.2 Å². The Morgan fingerprint density at radius 2 is 1.90 bits per heavy atom. The van der Waals surface area contributed by atoms with Gasteiger partial charge >= 0.3 is 0 Å². The van der Waals surface area contributed by atoms with Gasteiger partial charge in [0.25, 0.3) is 5.91 Å². The Labute approximate surface area is 172 Å². The lowest BCUT2D eigenvalue weighted by Crippen LogP contribution is -2.38. The second-order valence-corrected chi connectivity index (χ2v) is 9.54. The SMILES string of the molecule is COc1cccc(CNC(=O)c2cc(S(=O)(=O)N3CCC(C)CC3)ccc2C)c1. The van der Waals surface area contributed by atoms with E-state index in [4.69, 9.17) is 4.74 Å². The van der Waals surface area contributed by atoms with Crippen LogP contribution in [0.4, 0.5) is 0 Å². The summed E-state index contributed by atoms with van der Waals surface area (Å²) in [6.45, 7) is 5.32. The second kappa shape index (κ2) is 8.97. The van der Waals surface area contributed by atoms with Crippen LogP contribution in [-0.2, 0) is 16.6 Å². The van der Waals surface area contributed by atoms with Gasteiger partial charge in [0.05, 0.1) is 12.0 Å². The van der Waals surface area contributed by atoms with Gasteiger partial charge in [-0.2, -0.15) is 4.31 Å². The first-order valence-electron chi connectivity index (χ1n) is 9.83. The Morgan fingerprint density at radius 1 is 1.17 bits per heavy atom. The quantitative estimate of drug-likeness (QED) is 0.784. The molecule has 3 rings (SSSR count). The van der Waals surface area contributed by atoms with Crippen molar-refractivity contribution in [3.8, 4) is 5.75 Å². The van der Waals surface area contributed by atoms with E-state index < -0.39 is 10.0 Å². The molecular weight excluding hydrogens is 388 g/mol. The molecule has 0 spiro atoms. The number of nitrogens with zero attached hydrogens (tertiary/aromatic N) is 1. The number of piperidine rings is 1. The summed E-state index contributed by atoms with van der Waals surface area (Å²) in [6.07, 6.45) is 1.72. The van der Waals surface area contributed by atoms with Crippen LogP contribution in [0.15, 0.2) is 47.4 Å². The number of methoxy groups -OCH3 is 1. The molecular formula is C22H28N2O4S. The number of carbonyl (C=O) groups is 1. The van der Waals surface area contributed by atoms with Crippen LogP contribution in [0.25, 0.3) is 0 Å². The van der Waals surface area contributed by atoms with Crippen LogP contribution in [-0.4, -0.2) is 38.8 Å². The third-order valence-electron chi connectivity index (χ3n) is 5.42. The van der Waals surface area contributed by atoms with Crippen LogP contribution in [0.2, 0.25) is 0 Å². The van der Waals surface area contributed by atoms with Gasteiger partial charge in [-0.1, -0.05) is 25.1 Å². The van der Waals surface area contributed by atoms with Crippen LogP contribution >= 0.6 is 0 Å². The lowest BCUT2D eigenvalue weighted by Gasteiger charge is -2.29. The maximum atomic E-state index is 13.0. The fourth-order valence-electron chi connectivity index (χ4n) is 3.44. The number of sulfonamides is 1. The van der Waals surface area contributed by atoms with Crippen LogP contribution in [0.1, 0.15) is 41.3 Å². The number of hydrogen-bond acceptors (Lipinski definition) is 4. The molecule has 1 amide bonds. The first kappa shape index (κ1) is 21.3. The first-order chi connectivity index (χ1) is 13.8. The van der Waals surface area contributed by atoms with Crippen molar-refractivity contribution >= 4 is 15.9 Å². The molecule has 7 heteroatoms. The van der Waals surface area contributed by atoms with Crippen molar-refractivity contribution in [3.05, 3.63) is 59.2 Å². The zero-order valence-electron chi connectivity index (χ0n) is 17.1. The molecule has 0 aromatic heterocycles. The molecule has 6 nitrogen and oxygen atoms in total. The fourth-order valence-corrected chi connectivity index (χ4v) is 4.94. The van der Waals surface area contributed by atoms with Crippen molar-refractivity contribution < 1.29 is 17.9 Å². The van der Waals surface area contributed by atoms with E-state index in [1.807, 2.05) is 24.3 Å². The lowest BCUT2D eigenvalue weighted by molar-refractivity contribution is 0.0950. The number of amides is 1. The van der Waals surface area contributed by atoms with E-state index in [2.05, 4.69) is 12.2 Å². The van der Waals surface area contributed by atoms with Gasteiger partial charge in [0.2, 0.25) is 10.0 Å². The van der Waals surface area contributed by atoms with Crippen LogP contribution < -0.4 is 10.1 Å². The van der Waals surface area contributed by atoms with Gasteiger partial charge in [-0.3, -0.25) is 4.79 Å².